The van der Waals surface area contributed by atoms with Crippen LogP contribution in [-0.2, 0) is 0 Å². The Bertz CT molecular complexity index is 3550. The van der Waals surface area contributed by atoms with Gasteiger partial charge >= 0.3 is 0 Å². The van der Waals surface area contributed by atoms with E-state index in [0.29, 0.717) is 17.5 Å². The Morgan fingerprint density at radius 1 is 0.339 bits per heavy atom. The fourth-order valence-electron chi connectivity index (χ4n) is 8.51. The smallest absolute Gasteiger partial charge is 0.164 e. The molecule has 12 rings (SSSR count). The lowest BCUT2D eigenvalue weighted by atomic mass is 9.93. The summed E-state index contributed by atoms with van der Waals surface area (Å²) in [7, 11) is 0. The first-order valence-corrected chi connectivity index (χ1v) is 19.6. The number of para-hydroxylation sites is 1. The molecule has 0 aliphatic heterocycles. The quantitative estimate of drug-likeness (QED) is 0.169. The van der Waals surface area contributed by atoms with Crippen LogP contribution in [0, 0.1) is 0 Å². The summed E-state index contributed by atoms with van der Waals surface area (Å²) in [5.41, 5.74) is 6.63. The first-order valence-electron chi connectivity index (χ1n) is 18.8. The summed E-state index contributed by atoms with van der Waals surface area (Å²) in [6.45, 7) is 0. The zero-order valence-corrected chi connectivity index (χ0v) is 30.7. The normalized spacial score (nSPS) is 11.9. The summed E-state index contributed by atoms with van der Waals surface area (Å²) < 4.78 is 8.91. The molecule has 0 radical (unpaired) electrons. The molecule has 9 aromatic carbocycles. The Kier molecular flexibility index (Phi) is 6.76. The van der Waals surface area contributed by atoms with Crippen LogP contribution >= 0.6 is 11.3 Å². The van der Waals surface area contributed by atoms with Gasteiger partial charge < -0.3 is 4.42 Å². The molecule has 4 nitrogen and oxygen atoms in total. The molecule has 5 heteroatoms. The first-order chi connectivity index (χ1) is 27.7. The number of thiophene rings is 1. The molecule has 56 heavy (non-hydrogen) atoms. The van der Waals surface area contributed by atoms with Gasteiger partial charge in [0.15, 0.2) is 17.5 Å². The van der Waals surface area contributed by atoms with E-state index in [2.05, 4.69) is 140 Å². The van der Waals surface area contributed by atoms with Crippen molar-refractivity contribution in [1.82, 2.24) is 15.0 Å². The molecule has 0 atom stereocenters. The molecule has 0 saturated heterocycles. The molecule has 0 fully saturated rings. The lowest BCUT2D eigenvalue weighted by Crippen LogP contribution is -2.00. The molecule has 0 bridgehead atoms. The fraction of sp³-hybridized carbons (Fsp3) is 0. The molecule has 3 aromatic heterocycles. The Balaban J connectivity index is 1.10. The zero-order chi connectivity index (χ0) is 36.7. The highest BCUT2D eigenvalue weighted by molar-refractivity contribution is 7.26. The van der Waals surface area contributed by atoms with E-state index in [1.807, 2.05) is 47.7 Å². The highest BCUT2D eigenvalue weighted by Gasteiger charge is 2.19. The van der Waals surface area contributed by atoms with E-state index in [9.17, 15) is 0 Å². The third kappa shape index (κ3) is 4.81. The number of benzene rings is 9. The van der Waals surface area contributed by atoms with Crippen LogP contribution in [0.1, 0.15) is 0 Å². The fourth-order valence-corrected chi connectivity index (χ4v) is 9.62. The first kappa shape index (κ1) is 31.2. The highest BCUT2D eigenvalue weighted by atomic mass is 32.1. The third-order valence-corrected chi connectivity index (χ3v) is 12.2. The Morgan fingerprint density at radius 2 is 0.982 bits per heavy atom. The van der Waals surface area contributed by atoms with Gasteiger partial charge in [-0.05, 0) is 79.8 Å². The van der Waals surface area contributed by atoms with E-state index in [-0.39, 0.29) is 0 Å². The van der Waals surface area contributed by atoms with Crippen LogP contribution in [0.4, 0.5) is 0 Å². The second kappa shape index (κ2) is 12.2. The van der Waals surface area contributed by atoms with E-state index in [1.54, 1.807) is 0 Å². The zero-order valence-electron chi connectivity index (χ0n) is 29.9. The molecular formula is C51H29N3OS. The minimum atomic E-state index is 0.601. The number of hydrogen-bond donors (Lipinski definition) is 0. The minimum absolute atomic E-state index is 0.601. The van der Waals surface area contributed by atoms with E-state index in [1.165, 1.54) is 47.1 Å². The summed E-state index contributed by atoms with van der Waals surface area (Å²) in [6.07, 6.45) is 0. The molecule has 0 aliphatic rings. The second-order valence-electron chi connectivity index (χ2n) is 14.3. The van der Waals surface area contributed by atoms with Gasteiger partial charge in [-0.1, -0.05) is 140 Å². The maximum atomic E-state index is 6.30. The maximum Gasteiger partial charge on any atom is 0.164 e. The van der Waals surface area contributed by atoms with Crippen molar-refractivity contribution in [3.05, 3.63) is 176 Å². The highest BCUT2D eigenvalue weighted by Crippen LogP contribution is 2.44. The predicted molar refractivity (Wildman–Crippen MR) is 234 cm³/mol. The van der Waals surface area contributed by atoms with E-state index < -0.39 is 0 Å². The molecule has 0 N–H and O–H groups in total. The molecule has 0 aliphatic carbocycles. The van der Waals surface area contributed by atoms with Crippen LogP contribution < -0.4 is 0 Å². The maximum absolute atomic E-state index is 6.30. The van der Waals surface area contributed by atoms with Gasteiger partial charge in [-0.15, -0.1) is 11.3 Å². The Hall–Kier alpha value is -7.21. The van der Waals surface area contributed by atoms with E-state index in [4.69, 9.17) is 19.4 Å². The van der Waals surface area contributed by atoms with E-state index in [0.717, 1.165) is 55.1 Å². The van der Waals surface area contributed by atoms with Crippen LogP contribution in [0.15, 0.2) is 180 Å². The summed E-state index contributed by atoms with van der Waals surface area (Å²) in [4.78, 5) is 15.6. The van der Waals surface area contributed by atoms with E-state index >= 15 is 0 Å². The van der Waals surface area contributed by atoms with Crippen LogP contribution in [0.3, 0.4) is 0 Å². The van der Waals surface area contributed by atoms with Gasteiger partial charge in [-0.25, -0.2) is 15.0 Å². The molecule has 260 valence electrons. The van der Waals surface area contributed by atoms with Crippen molar-refractivity contribution >= 4 is 85.8 Å². The number of fused-ring (bicyclic) bond motifs is 12. The van der Waals surface area contributed by atoms with Gasteiger partial charge in [0.2, 0.25) is 0 Å². The SMILES string of the molecule is c1ccc(-c2cccc(-c3nc(-c4ccc5c(ccc6ccc7ccc8sc9ccccc9c8c7c65)c4)nc(-c4cccc5oc6ccccc6c45)n3)c2)cc1. The number of nitrogens with zero attached hydrogens (tertiary/aromatic N) is 3. The van der Waals surface area contributed by atoms with Crippen molar-refractivity contribution in [2.75, 3.05) is 0 Å². The van der Waals surface area contributed by atoms with Gasteiger partial charge in [0, 0.05) is 47.6 Å². The summed E-state index contributed by atoms with van der Waals surface area (Å²) >= 11 is 1.86. The van der Waals surface area contributed by atoms with Crippen molar-refractivity contribution in [3.8, 4) is 45.3 Å². The van der Waals surface area contributed by atoms with Gasteiger partial charge in [-0.3, -0.25) is 0 Å². The standard InChI is InChI=1S/C51H29N3OS/c1-2-10-30(11-3-1)33-12-8-13-35(28-33)49-52-50(54-51(53-49)40-16-9-18-42-47(40)38-14-4-6-17-41(38)55-42)36-24-26-37-34(29-36)23-22-31-20-21-32-25-27-44-48(46(32)45(31)37)39-15-5-7-19-43(39)56-44/h1-29H. The summed E-state index contributed by atoms with van der Waals surface area (Å²) in [5.74, 6) is 1.83. The van der Waals surface area contributed by atoms with Crippen molar-refractivity contribution < 1.29 is 4.42 Å². The van der Waals surface area contributed by atoms with Crippen molar-refractivity contribution in [1.29, 1.82) is 0 Å². The Labute approximate surface area is 325 Å². The van der Waals surface area contributed by atoms with Gasteiger partial charge in [0.25, 0.3) is 0 Å². The van der Waals surface area contributed by atoms with Gasteiger partial charge in [0.05, 0.1) is 0 Å². The number of rotatable bonds is 4. The lowest BCUT2D eigenvalue weighted by Gasteiger charge is -2.12. The molecule has 0 unspecified atom stereocenters. The monoisotopic (exact) mass is 731 g/mol. The molecule has 0 amide bonds. The second-order valence-corrected chi connectivity index (χ2v) is 15.4. The number of furan rings is 1. The molecule has 0 spiro atoms. The van der Waals surface area contributed by atoms with Crippen molar-refractivity contribution in [2.45, 2.75) is 0 Å². The minimum Gasteiger partial charge on any atom is -0.456 e. The number of hydrogen-bond acceptors (Lipinski definition) is 5. The average Bonchev–Trinajstić information content (AvgIpc) is 3.85. The predicted octanol–water partition coefficient (Wildman–Crippen LogP) is 14.3. The molecule has 0 saturated carbocycles. The molecule has 3 heterocycles. The largest absolute Gasteiger partial charge is 0.456 e. The van der Waals surface area contributed by atoms with Crippen molar-refractivity contribution in [3.63, 3.8) is 0 Å². The third-order valence-electron chi connectivity index (χ3n) is 11.1. The van der Waals surface area contributed by atoms with Crippen LogP contribution in [0.5, 0.6) is 0 Å². The van der Waals surface area contributed by atoms with Gasteiger partial charge in [0.1, 0.15) is 11.2 Å². The average molecular weight is 732 g/mol. The van der Waals surface area contributed by atoms with Crippen LogP contribution in [0.25, 0.3) is 120 Å². The Morgan fingerprint density at radius 3 is 1.86 bits per heavy atom. The molecular weight excluding hydrogens is 703 g/mol. The summed E-state index contributed by atoms with van der Waals surface area (Å²) in [6, 6.07) is 62.1. The summed E-state index contributed by atoms with van der Waals surface area (Å²) in [5, 5.41) is 12.1. The topological polar surface area (TPSA) is 51.8 Å². The molecule has 12 aromatic rings. The van der Waals surface area contributed by atoms with Gasteiger partial charge in [-0.2, -0.15) is 0 Å². The van der Waals surface area contributed by atoms with Crippen LogP contribution in [-0.4, -0.2) is 15.0 Å². The van der Waals surface area contributed by atoms with Crippen LogP contribution in [0.2, 0.25) is 0 Å². The number of aromatic nitrogens is 3. The van der Waals surface area contributed by atoms with Crippen molar-refractivity contribution in [2.24, 2.45) is 0 Å². The lowest BCUT2D eigenvalue weighted by molar-refractivity contribution is 0.669.